The maximum atomic E-state index is 14.2. The van der Waals surface area contributed by atoms with E-state index in [4.69, 9.17) is 4.74 Å². The minimum atomic E-state index is -1.17. The molecule has 3 heterocycles. The number of hydrogen-bond acceptors (Lipinski definition) is 4. The number of nitrogens with one attached hydrogen (secondary N) is 2. The maximum absolute atomic E-state index is 14.2. The van der Waals surface area contributed by atoms with Gasteiger partial charge in [-0.2, -0.15) is 0 Å². The molecule has 1 saturated heterocycles. The zero-order valence-corrected chi connectivity index (χ0v) is 21.1. The van der Waals surface area contributed by atoms with Gasteiger partial charge in [-0.1, -0.05) is 25.7 Å². The quantitative estimate of drug-likeness (QED) is 0.610. The van der Waals surface area contributed by atoms with E-state index in [1.165, 1.54) is 31.9 Å². The Kier molecular flexibility index (Phi) is 6.76. The largest absolute Gasteiger partial charge is 0.376 e. The highest BCUT2D eigenvalue weighted by molar-refractivity contribution is 6.14. The standard InChI is InChI=1S/C27H35FN4O4/c1-17(33)29-23-21-14-18(28)11-12-22(21)31-16-27(2,26(35)30-19-8-5-3-4-6-9-19)32(25(34)24(23)31)15-20-10-7-13-36-20/h11-12,14,19-20H,3-10,13,15-16H2,1-2H3,(H,29,33)(H,30,35)/t20-,27+/m0/s1. The molecule has 2 N–H and O–H groups in total. The lowest BCUT2D eigenvalue weighted by atomic mass is 9.92. The first-order valence-electron chi connectivity index (χ1n) is 13.1. The molecule has 2 atom stereocenters. The summed E-state index contributed by atoms with van der Waals surface area (Å²) in [5.74, 6) is -1.37. The molecule has 3 aliphatic rings. The average molecular weight is 499 g/mol. The molecule has 1 saturated carbocycles. The molecule has 2 fully saturated rings. The lowest BCUT2D eigenvalue weighted by Crippen LogP contribution is -2.66. The van der Waals surface area contributed by atoms with Gasteiger partial charge in [-0.15, -0.1) is 0 Å². The van der Waals surface area contributed by atoms with Crippen molar-refractivity contribution >= 4 is 34.3 Å². The van der Waals surface area contributed by atoms with Crippen molar-refractivity contribution in [3.05, 3.63) is 29.7 Å². The molecule has 2 aliphatic heterocycles. The van der Waals surface area contributed by atoms with Crippen LogP contribution in [0.5, 0.6) is 0 Å². The molecular formula is C27H35FN4O4. The Bertz CT molecular complexity index is 1180. The molecule has 1 aliphatic carbocycles. The van der Waals surface area contributed by atoms with Crippen LogP contribution in [0.1, 0.15) is 75.7 Å². The van der Waals surface area contributed by atoms with Crippen molar-refractivity contribution in [3.8, 4) is 0 Å². The number of nitrogens with zero attached hydrogens (tertiary/aromatic N) is 2. The molecule has 0 radical (unpaired) electrons. The van der Waals surface area contributed by atoms with Crippen molar-refractivity contribution in [3.63, 3.8) is 0 Å². The fraction of sp³-hybridized carbons (Fsp3) is 0.593. The minimum Gasteiger partial charge on any atom is -0.376 e. The average Bonchev–Trinajstić information content (AvgIpc) is 3.35. The van der Waals surface area contributed by atoms with Crippen molar-refractivity contribution in [2.75, 3.05) is 18.5 Å². The van der Waals surface area contributed by atoms with Crippen LogP contribution in [-0.4, -0.2) is 58.0 Å². The molecule has 36 heavy (non-hydrogen) atoms. The van der Waals surface area contributed by atoms with Crippen molar-refractivity contribution in [1.82, 2.24) is 14.8 Å². The van der Waals surface area contributed by atoms with Crippen LogP contribution in [0.2, 0.25) is 0 Å². The topological polar surface area (TPSA) is 92.7 Å². The Balaban J connectivity index is 1.59. The zero-order valence-electron chi connectivity index (χ0n) is 21.1. The van der Waals surface area contributed by atoms with E-state index in [1.807, 2.05) is 6.92 Å². The Morgan fingerprint density at radius 1 is 1.14 bits per heavy atom. The van der Waals surface area contributed by atoms with Crippen molar-refractivity contribution in [1.29, 1.82) is 0 Å². The summed E-state index contributed by atoms with van der Waals surface area (Å²) in [6.45, 7) is 4.28. The summed E-state index contributed by atoms with van der Waals surface area (Å²) in [6.07, 6.45) is 7.96. The minimum absolute atomic E-state index is 0.0864. The predicted octanol–water partition coefficient (Wildman–Crippen LogP) is 3.97. The number of anilines is 1. The van der Waals surface area contributed by atoms with E-state index in [0.29, 0.717) is 17.5 Å². The van der Waals surface area contributed by atoms with Gasteiger partial charge in [0.15, 0.2) is 0 Å². The van der Waals surface area contributed by atoms with Crippen LogP contribution < -0.4 is 10.6 Å². The van der Waals surface area contributed by atoms with Crippen LogP contribution in [0.4, 0.5) is 10.1 Å². The molecule has 8 nitrogen and oxygen atoms in total. The zero-order chi connectivity index (χ0) is 25.4. The van der Waals surface area contributed by atoms with Crippen LogP contribution in [-0.2, 0) is 20.9 Å². The summed E-state index contributed by atoms with van der Waals surface area (Å²) < 4.78 is 21.9. The van der Waals surface area contributed by atoms with E-state index >= 15 is 0 Å². The smallest absolute Gasteiger partial charge is 0.273 e. The number of ether oxygens (including phenoxy) is 1. The Labute approximate surface area is 210 Å². The van der Waals surface area contributed by atoms with Gasteiger partial charge in [0.25, 0.3) is 5.91 Å². The van der Waals surface area contributed by atoms with Gasteiger partial charge >= 0.3 is 0 Å². The lowest BCUT2D eigenvalue weighted by Gasteiger charge is -2.45. The van der Waals surface area contributed by atoms with E-state index in [1.54, 1.807) is 15.5 Å². The van der Waals surface area contributed by atoms with Gasteiger partial charge in [0.05, 0.1) is 23.9 Å². The van der Waals surface area contributed by atoms with Crippen molar-refractivity contribution in [2.24, 2.45) is 0 Å². The molecule has 0 unspecified atom stereocenters. The van der Waals surface area contributed by atoms with Gasteiger partial charge in [0, 0.05) is 31.5 Å². The molecule has 3 amide bonds. The first-order valence-corrected chi connectivity index (χ1v) is 13.1. The van der Waals surface area contributed by atoms with E-state index in [9.17, 15) is 18.8 Å². The Morgan fingerprint density at radius 2 is 1.89 bits per heavy atom. The Hall–Kier alpha value is -2.94. The molecule has 0 bridgehead atoms. The Morgan fingerprint density at radius 3 is 2.56 bits per heavy atom. The lowest BCUT2D eigenvalue weighted by molar-refractivity contribution is -0.134. The molecule has 1 aromatic carbocycles. The van der Waals surface area contributed by atoms with Crippen LogP contribution in [0.3, 0.4) is 0 Å². The third kappa shape index (κ3) is 4.49. The van der Waals surface area contributed by atoms with Crippen molar-refractivity contribution < 1.29 is 23.5 Å². The fourth-order valence-corrected chi connectivity index (χ4v) is 6.00. The number of aromatic nitrogens is 1. The third-order valence-electron chi connectivity index (χ3n) is 7.93. The summed E-state index contributed by atoms with van der Waals surface area (Å²) in [6, 6.07) is 4.35. The summed E-state index contributed by atoms with van der Waals surface area (Å²) in [7, 11) is 0. The molecule has 1 aromatic heterocycles. The highest BCUT2D eigenvalue weighted by atomic mass is 19.1. The summed E-state index contributed by atoms with van der Waals surface area (Å²) in [5, 5.41) is 6.45. The second-order valence-electron chi connectivity index (χ2n) is 10.6. The number of rotatable bonds is 5. The molecule has 194 valence electrons. The van der Waals surface area contributed by atoms with Crippen LogP contribution in [0.15, 0.2) is 18.2 Å². The normalized spacial score (nSPS) is 25.0. The van der Waals surface area contributed by atoms with Gasteiger partial charge < -0.3 is 24.8 Å². The van der Waals surface area contributed by atoms with Crippen LogP contribution in [0.25, 0.3) is 10.9 Å². The first-order chi connectivity index (χ1) is 17.3. The fourth-order valence-electron chi connectivity index (χ4n) is 6.00. The van der Waals surface area contributed by atoms with Crippen LogP contribution >= 0.6 is 0 Å². The van der Waals surface area contributed by atoms with Gasteiger partial charge in [-0.3, -0.25) is 14.4 Å². The number of fused-ring (bicyclic) bond motifs is 3. The van der Waals surface area contributed by atoms with E-state index in [2.05, 4.69) is 10.6 Å². The number of amides is 3. The molecular weight excluding hydrogens is 463 g/mol. The number of halogens is 1. The number of benzene rings is 1. The second-order valence-corrected chi connectivity index (χ2v) is 10.6. The molecule has 5 rings (SSSR count). The third-order valence-corrected chi connectivity index (χ3v) is 7.93. The van der Waals surface area contributed by atoms with Crippen molar-refractivity contribution in [2.45, 2.75) is 89.4 Å². The number of carbonyl (C=O) groups excluding carboxylic acids is 3. The number of carbonyl (C=O) groups is 3. The second kappa shape index (κ2) is 9.84. The summed E-state index contributed by atoms with van der Waals surface area (Å²) in [4.78, 5) is 41.7. The maximum Gasteiger partial charge on any atom is 0.273 e. The predicted molar refractivity (Wildman–Crippen MR) is 134 cm³/mol. The van der Waals surface area contributed by atoms with E-state index in [0.717, 1.165) is 38.5 Å². The molecule has 9 heteroatoms. The first kappa shape index (κ1) is 24.7. The molecule has 2 aromatic rings. The van der Waals surface area contributed by atoms with Gasteiger partial charge in [0.1, 0.15) is 17.1 Å². The highest BCUT2D eigenvalue weighted by Crippen LogP contribution is 2.39. The highest BCUT2D eigenvalue weighted by Gasteiger charge is 2.50. The summed E-state index contributed by atoms with van der Waals surface area (Å²) >= 11 is 0. The van der Waals surface area contributed by atoms with Gasteiger partial charge in [-0.05, 0) is 50.8 Å². The SMILES string of the molecule is CC(=O)Nc1c2n(c3ccc(F)cc13)C[C@](C)(C(=O)NC1CCCCCC1)N(C[C@@H]1CCCO1)C2=O. The van der Waals surface area contributed by atoms with E-state index in [-0.39, 0.29) is 54.3 Å². The van der Waals surface area contributed by atoms with Crippen LogP contribution in [0, 0.1) is 5.82 Å². The molecule has 0 spiro atoms. The monoisotopic (exact) mass is 498 g/mol. The summed E-state index contributed by atoms with van der Waals surface area (Å²) in [5.41, 5.74) is -0.0150. The number of hydrogen-bond donors (Lipinski definition) is 2. The van der Waals surface area contributed by atoms with Gasteiger partial charge in [-0.25, -0.2) is 4.39 Å². The van der Waals surface area contributed by atoms with E-state index < -0.39 is 11.4 Å². The van der Waals surface area contributed by atoms with Gasteiger partial charge in [0.2, 0.25) is 11.8 Å².